The van der Waals surface area contributed by atoms with Gasteiger partial charge in [-0.15, -0.1) is 0 Å². The van der Waals surface area contributed by atoms with Crippen molar-refractivity contribution >= 4 is 27.3 Å². The van der Waals surface area contributed by atoms with Crippen molar-refractivity contribution in [2.24, 2.45) is 0 Å². The summed E-state index contributed by atoms with van der Waals surface area (Å²) in [5.74, 6) is 0.220. The Morgan fingerprint density at radius 2 is 1.55 bits per heavy atom. The van der Waals surface area contributed by atoms with Gasteiger partial charge in [-0.05, 0) is 55.8 Å². The number of anilines is 2. The smallest absolute Gasteiger partial charge is 0.261 e. The number of sulfonamides is 1. The standard InChI is InChI=1S/C22H22N2O4S/c1-3-28-21-15-8-7-13-20(21)23-22(25)18-12-9-14-19(16(18)2)24-29(26,27)17-10-5-4-6-11-17/h4-15,24H,3H2,1-2H3,(H,23,25). The molecular weight excluding hydrogens is 388 g/mol. The lowest BCUT2D eigenvalue weighted by atomic mass is 10.1. The van der Waals surface area contributed by atoms with Gasteiger partial charge < -0.3 is 10.1 Å². The SMILES string of the molecule is CCOc1ccccc1NC(=O)c1cccc(NS(=O)(=O)c2ccccc2)c1C. The molecule has 0 atom stereocenters. The number of nitrogens with one attached hydrogen (secondary N) is 2. The van der Waals surface area contributed by atoms with Gasteiger partial charge in [0.1, 0.15) is 5.75 Å². The molecule has 0 aliphatic heterocycles. The highest BCUT2D eigenvalue weighted by Crippen LogP contribution is 2.27. The molecule has 7 heteroatoms. The highest BCUT2D eigenvalue weighted by atomic mass is 32.2. The van der Waals surface area contributed by atoms with Crippen LogP contribution in [0.3, 0.4) is 0 Å². The van der Waals surface area contributed by atoms with E-state index in [1.807, 2.05) is 13.0 Å². The number of carbonyl (C=O) groups excluding carboxylic acids is 1. The lowest BCUT2D eigenvalue weighted by Crippen LogP contribution is -2.17. The van der Waals surface area contributed by atoms with Crippen LogP contribution < -0.4 is 14.8 Å². The molecule has 0 radical (unpaired) electrons. The second-order valence-electron chi connectivity index (χ2n) is 6.28. The van der Waals surface area contributed by atoms with Crippen LogP contribution >= 0.6 is 0 Å². The molecule has 0 saturated carbocycles. The molecule has 2 N–H and O–H groups in total. The number of amides is 1. The molecule has 150 valence electrons. The van der Waals surface area contributed by atoms with E-state index in [4.69, 9.17) is 4.74 Å². The maximum Gasteiger partial charge on any atom is 0.261 e. The zero-order chi connectivity index (χ0) is 20.9. The number of hydrogen-bond acceptors (Lipinski definition) is 4. The van der Waals surface area contributed by atoms with Crippen molar-refractivity contribution in [1.82, 2.24) is 0 Å². The minimum absolute atomic E-state index is 0.153. The highest BCUT2D eigenvalue weighted by Gasteiger charge is 2.18. The maximum absolute atomic E-state index is 12.8. The van der Waals surface area contributed by atoms with Crippen LogP contribution in [0.5, 0.6) is 5.75 Å². The molecule has 0 aliphatic carbocycles. The summed E-state index contributed by atoms with van der Waals surface area (Å²) in [5.41, 5.74) is 1.79. The Hall–Kier alpha value is -3.32. The Kier molecular flexibility index (Phi) is 6.19. The topological polar surface area (TPSA) is 84.5 Å². The summed E-state index contributed by atoms with van der Waals surface area (Å²) in [4.78, 5) is 13.0. The van der Waals surface area contributed by atoms with Crippen LogP contribution in [0.4, 0.5) is 11.4 Å². The molecule has 1 amide bonds. The van der Waals surface area contributed by atoms with Gasteiger partial charge in [-0.25, -0.2) is 8.42 Å². The molecule has 6 nitrogen and oxygen atoms in total. The molecule has 0 bridgehead atoms. The van der Waals surface area contributed by atoms with E-state index in [0.717, 1.165) is 0 Å². The van der Waals surface area contributed by atoms with Gasteiger partial charge in [-0.2, -0.15) is 0 Å². The summed E-state index contributed by atoms with van der Waals surface area (Å²) in [7, 11) is -3.75. The predicted molar refractivity (Wildman–Crippen MR) is 114 cm³/mol. The quantitative estimate of drug-likeness (QED) is 0.603. The zero-order valence-corrected chi connectivity index (χ0v) is 17.0. The van der Waals surface area contributed by atoms with Crippen LogP contribution in [0.2, 0.25) is 0 Å². The first-order chi connectivity index (χ1) is 13.9. The summed E-state index contributed by atoms with van der Waals surface area (Å²) in [5, 5.41) is 2.83. The zero-order valence-electron chi connectivity index (χ0n) is 16.2. The highest BCUT2D eigenvalue weighted by molar-refractivity contribution is 7.92. The van der Waals surface area contributed by atoms with Crippen molar-refractivity contribution in [1.29, 1.82) is 0 Å². The monoisotopic (exact) mass is 410 g/mol. The fraction of sp³-hybridized carbons (Fsp3) is 0.136. The third-order valence-electron chi connectivity index (χ3n) is 4.31. The predicted octanol–water partition coefficient (Wildman–Crippen LogP) is 4.45. The van der Waals surface area contributed by atoms with Crippen molar-refractivity contribution in [3.05, 3.63) is 83.9 Å². The van der Waals surface area contributed by atoms with Gasteiger partial charge in [0.2, 0.25) is 0 Å². The molecule has 0 saturated heterocycles. The van der Waals surface area contributed by atoms with Crippen LogP contribution in [0.15, 0.2) is 77.7 Å². The van der Waals surface area contributed by atoms with E-state index in [2.05, 4.69) is 10.0 Å². The van der Waals surface area contributed by atoms with Crippen LogP contribution in [0.1, 0.15) is 22.8 Å². The van der Waals surface area contributed by atoms with Crippen molar-refractivity contribution in [3.8, 4) is 5.75 Å². The first-order valence-corrected chi connectivity index (χ1v) is 10.6. The number of carbonyl (C=O) groups is 1. The normalized spacial score (nSPS) is 11.0. The maximum atomic E-state index is 12.8. The second-order valence-corrected chi connectivity index (χ2v) is 7.96. The van der Waals surface area contributed by atoms with Gasteiger partial charge in [0.25, 0.3) is 15.9 Å². The second kappa shape index (κ2) is 8.79. The van der Waals surface area contributed by atoms with Gasteiger partial charge in [-0.1, -0.05) is 36.4 Å². The van der Waals surface area contributed by atoms with Gasteiger partial charge in [0.05, 0.1) is 22.9 Å². The minimum atomic E-state index is -3.75. The molecule has 3 aromatic carbocycles. The van der Waals surface area contributed by atoms with Crippen molar-refractivity contribution in [2.45, 2.75) is 18.7 Å². The molecule has 0 heterocycles. The van der Waals surface area contributed by atoms with Crippen LogP contribution in [0, 0.1) is 6.92 Å². The Morgan fingerprint density at radius 1 is 0.897 bits per heavy atom. The van der Waals surface area contributed by atoms with E-state index in [1.165, 1.54) is 12.1 Å². The summed E-state index contributed by atoms with van der Waals surface area (Å²) >= 11 is 0. The fourth-order valence-corrected chi connectivity index (χ4v) is 3.98. The minimum Gasteiger partial charge on any atom is -0.492 e. The molecule has 0 aromatic heterocycles. The molecule has 3 rings (SSSR count). The Balaban J connectivity index is 1.86. The molecule has 0 unspecified atom stereocenters. The van der Waals surface area contributed by atoms with Crippen molar-refractivity contribution in [2.75, 3.05) is 16.6 Å². The van der Waals surface area contributed by atoms with E-state index in [1.54, 1.807) is 61.5 Å². The lowest BCUT2D eigenvalue weighted by Gasteiger charge is -2.15. The molecule has 29 heavy (non-hydrogen) atoms. The average Bonchev–Trinajstić information content (AvgIpc) is 2.72. The van der Waals surface area contributed by atoms with Gasteiger partial charge in [0.15, 0.2) is 0 Å². The van der Waals surface area contributed by atoms with Crippen LogP contribution in [0.25, 0.3) is 0 Å². The third-order valence-corrected chi connectivity index (χ3v) is 5.69. The van der Waals surface area contributed by atoms with Crippen LogP contribution in [-0.2, 0) is 10.0 Å². The molecule has 0 fully saturated rings. The van der Waals surface area contributed by atoms with E-state index < -0.39 is 10.0 Å². The summed E-state index contributed by atoms with van der Waals surface area (Å²) < 4.78 is 33.3. The Bertz CT molecular complexity index is 1110. The number of hydrogen-bond donors (Lipinski definition) is 2. The number of benzene rings is 3. The molecule has 0 aliphatic rings. The van der Waals surface area contributed by atoms with Crippen LogP contribution in [-0.4, -0.2) is 20.9 Å². The van der Waals surface area contributed by atoms with E-state index in [-0.39, 0.29) is 10.8 Å². The van der Waals surface area contributed by atoms with Gasteiger partial charge >= 0.3 is 0 Å². The molecule has 0 spiro atoms. The number of rotatable bonds is 7. The first-order valence-electron chi connectivity index (χ1n) is 9.13. The Morgan fingerprint density at radius 3 is 2.28 bits per heavy atom. The van der Waals surface area contributed by atoms with Gasteiger partial charge in [0, 0.05) is 5.56 Å². The van der Waals surface area contributed by atoms with E-state index >= 15 is 0 Å². The fourth-order valence-electron chi connectivity index (χ4n) is 2.84. The average molecular weight is 410 g/mol. The van der Waals surface area contributed by atoms with E-state index in [0.29, 0.717) is 34.9 Å². The summed E-state index contributed by atoms with van der Waals surface area (Å²) in [6.45, 7) is 4.04. The van der Waals surface area contributed by atoms with E-state index in [9.17, 15) is 13.2 Å². The third kappa shape index (κ3) is 4.75. The summed E-state index contributed by atoms with van der Waals surface area (Å²) in [6, 6.07) is 20.1. The Labute approximate surface area is 170 Å². The van der Waals surface area contributed by atoms with Crippen molar-refractivity contribution in [3.63, 3.8) is 0 Å². The van der Waals surface area contributed by atoms with Gasteiger partial charge in [-0.3, -0.25) is 9.52 Å². The number of para-hydroxylation sites is 2. The lowest BCUT2D eigenvalue weighted by molar-refractivity contribution is 0.102. The molecular formula is C22H22N2O4S. The summed E-state index contributed by atoms with van der Waals surface area (Å²) in [6.07, 6.45) is 0. The van der Waals surface area contributed by atoms with Crippen molar-refractivity contribution < 1.29 is 17.9 Å². The first kappa shape index (κ1) is 20.4. The largest absolute Gasteiger partial charge is 0.492 e. The molecule has 3 aromatic rings. The number of ether oxygens (including phenoxy) is 1.